The molecule has 8 heteroatoms. The summed E-state index contributed by atoms with van der Waals surface area (Å²) in [5, 5.41) is 11.1. The lowest BCUT2D eigenvalue weighted by molar-refractivity contribution is 0.0772. The molecular weight excluding hydrogens is 410 g/mol. The van der Waals surface area contributed by atoms with E-state index in [1.54, 1.807) is 16.8 Å². The minimum absolute atomic E-state index is 0.0400. The van der Waals surface area contributed by atoms with Crippen molar-refractivity contribution in [3.8, 4) is 5.69 Å². The Morgan fingerprint density at radius 1 is 1.00 bits per heavy atom. The Hall–Kier alpha value is -3.13. The van der Waals surface area contributed by atoms with E-state index >= 15 is 0 Å². The molecule has 1 aliphatic rings. The van der Waals surface area contributed by atoms with E-state index in [0.717, 1.165) is 41.4 Å². The number of hydrogen-bond donors (Lipinski definition) is 1. The summed E-state index contributed by atoms with van der Waals surface area (Å²) in [5.74, 6) is 1.66. The fourth-order valence-electron chi connectivity index (χ4n) is 3.54. The Kier molecular flexibility index (Phi) is 6.08. The zero-order valence-corrected chi connectivity index (χ0v) is 18.7. The van der Waals surface area contributed by atoms with Gasteiger partial charge in [0.2, 0.25) is 0 Å². The molecule has 2 aromatic carbocycles. The van der Waals surface area contributed by atoms with Crippen LogP contribution in [0.4, 0.5) is 5.69 Å². The van der Waals surface area contributed by atoms with Crippen molar-refractivity contribution < 1.29 is 9.59 Å². The zero-order chi connectivity index (χ0) is 22.0. The minimum Gasteiger partial charge on any atom is -0.337 e. The van der Waals surface area contributed by atoms with Gasteiger partial charge in [0.05, 0.1) is 11.4 Å². The van der Waals surface area contributed by atoms with Crippen LogP contribution in [0.3, 0.4) is 0 Å². The first kappa shape index (κ1) is 21.1. The van der Waals surface area contributed by atoms with Crippen LogP contribution in [0.1, 0.15) is 37.7 Å². The van der Waals surface area contributed by atoms with Crippen molar-refractivity contribution in [2.24, 2.45) is 0 Å². The number of hydrogen-bond acceptors (Lipinski definition) is 5. The van der Waals surface area contributed by atoms with Crippen LogP contribution in [0.5, 0.6) is 0 Å². The first-order valence-electron chi connectivity index (χ1n) is 10.2. The molecule has 0 saturated carbocycles. The molecule has 2 heterocycles. The van der Waals surface area contributed by atoms with E-state index in [0.29, 0.717) is 16.9 Å². The summed E-state index contributed by atoms with van der Waals surface area (Å²) in [5.41, 5.74) is 5.05. The number of aromatic nitrogens is 3. The summed E-state index contributed by atoms with van der Waals surface area (Å²) in [6, 6.07) is 13.2. The maximum Gasteiger partial charge on any atom is 0.278 e. The molecule has 1 N–H and O–H groups in total. The van der Waals surface area contributed by atoms with Gasteiger partial charge in [0, 0.05) is 35.8 Å². The monoisotopic (exact) mass is 435 g/mol. The normalized spacial score (nSPS) is 13.8. The van der Waals surface area contributed by atoms with Crippen molar-refractivity contribution >= 4 is 29.3 Å². The lowest BCUT2D eigenvalue weighted by Crippen LogP contribution is -2.37. The first-order valence-corrected chi connectivity index (χ1v) is 11.4. The lowest BCUT2D eigenvalue weighted by Gasteiger charge is -2.26. The maximum atomic E-state index is 12.8. The van der Waals surface area contributed by atoms with Gasteiger partial charge in [-0.05, 0) is 56.7 Å². The third kappa shape index (κ3) is 4.49. The topological polar surface area (TPSA) is 80.1 Å². The fraction of sp³-hybridized carbons (Fsp3) is 0.304. The van der Waals surface area contributed by atoms with Gasteiger partial charge in [-0.3, -0.25) is 9.59 Å². The summed E-state index contributed by atoms with van der Waals surface area (Å²) in [6.45, 7) is 7.27. The van der Waals surface area contributed by atoms with Gasteiger partial charge in [0.1, 0.15) is 0 Å². The van der Waals surface area contributed by atoms with Gasteiger partial charge in [0.15, 0.2) is 5.69 Å². The second kappa shape index (κ2) is 8.93. The van der Waals surface area contributed by atoms with Crippen molar-refractivity contribution in [3.05, 3.63) is 70.5 Å². The van der Waals surface area contributed by atoms with Gasteiger partial charge in [-0.25, -0.2) is 4.68 Å². The fourth-order valence-corrected chi connectivity index (χ4v) is 4.44. The quantitative estimate of drug-likeness (QED) is 0.677. The minimum atomic E-state index is -0.328. The highest BCUT2D eigenvalue weighted by Crippen LogP contribution is 2.21. The van der Waals surface area contributed by atoms with Crippen LogP contribution < -0.4 is 5.32 Å². The van der Waals surface area contributed by atoms with Crippen LogP contribution in [0.15, 0.2) is 42.5 Å². The van der Waals surface area contributed by atoms with E-state index in [-0.39, 0.29) is 17.5 Å². The van der Waals surface area contributed by atoms with Gasteiger partial charge in [-0.2, -0.15) is 11.8 Å². The molecule has 7 nitrogen and oxygen atoms in total. The average molecular weight is 436 g/mol. The van der Waals surface area contributed by atoms with Gasteiger partial charge < -0.3 is 10.2 Å². The predicted octanol–water partition coefficient (Wildman–Crippen LogP) is 3.63. The summed E-state index contributed by atoms with van der Waals surface area (Å²) < 4.78 is 1.65. The van der Waals surface area contributed by atoms with Crippen LogP contribution in [0, 0.1) is 20.8 Å². The molecule has 160 valence electrons. The zero-order valence-electron chi connectivity index (χ0n) is 17.9. The smallest absolute Gasteiger partial charge is 0.278 e. The van der Waals surface area contributed by atoms with Crippen LogP contribution in [0.2, 0.25) is 0 Å². The van der Waals surface area contributed by atoms with Crippen LogP contribution >= 0.6 is 11.8 Å². The second-order valence-corrected chi connectivity index (χ2v) is 8.88. The Labute approximate surface area is 185 Å². The van der Waals surface area contributed by atoms with Crippen molar-refractivity contribution in [2.45, 2.75) is 20.8 Å². The first-order chi connectivity index (χ1) is 14.9. The number of aryl methyl sites for hydroxylation is 2. The van der Waals surface area contributed by atoms with E-state index in [2.05, 4.69) is 15.6 Å². The van der Waals surface area contributed by atoms with Gasteiger partial charge >= 0.3 is 0 Å². The SMILES string of the molecule is Cc1ccc(-n2nnc(C(=O)Nc3ccc(C(=O)N4CCSCC4)cc3C)c2C)cc1. The Morgan fingerprint density at radius 3 is 2.39 bits per heavy atom. The number of rotatable bonds is 4. The highest BCUT2D eigenvalue weighted by atomic mass is 32.2. The third-order valence-corrected chi connectivity index (χ3v) is 6.35. The molecule has 1 saturated heterocycles. The number of nitrogens with zero attached hydrogens (tertiary/aromatic N) is 4. The molecule has 0 bridgehead atoms. The molecule has 3 aromatic rings. The Balaban J connectivity index is 1.50. The van der Waals surface area contributed by atoms with E-state index in [1.807, 2.05) is 67.8 Å². The molecule has 0 atom stereocenters. The van der Waals surface area contributed by atoms with E-state index in [9.17, 15) is 9.59 Å². The largest absolute Gasteiger partial charge is 0.337 e. The molecule has 1 aliphatic heterocycles. The number of anilines is 1. The molecule has 0 radical (unpaired) electrons. The predicted molar refractivity (Wildman–Crippen MR) is 123 cm³/mol. The summed E-state index contributed by atoms with van der Waals surface area (Å²) in [6.07, 6.45) is 0. The summed E-state index contributed by atoms with van der Waals surface area (Å²) >= 11 is 1.87. The maximum absolute atomic E-state index is 12.8. The van der Waals surface area contributed by atoms with Crippen molar-refractivity contribution in [2.75, 3.05) is 29.9 Å². The van der Waals surface area contributed by atoms with E-state index in [1.165, 1.54) is 0 Å². The van der Waals surface area contributed by atoms with Crippen molar-refractivity contribution in [1.29, 1.82) is 0 Å². The summed E-state index contributed by atoms with van der Waals surface area (Å²) in [4.78, 5) is 27.5. The van der Waals surface area contributed by atoms with Gasteiger partial charge in [0.25, 0.3) is 11.8 Å². The van der Waals surface area contributed by atoms with E-state index in [4.69, 9.17) is 0 Å². The Morgan fingerprint density at radius 2 is 1.71 bits per heavy atom. The number of carbonyl (C=O) groups is 2. The van der Waals surface area contributed by atoms with Crippen molar-refractivity contribution in [3.63, 3.8) is 0 Å². The number of amides is 2. The highest BCUT2D eigenvalue weighted by molar-refractivity contribution is 7.99. The van der Waals surface area contributed by atoms with Crippen LogP contribution in [-0.2, 0) is 0 Å². The number of carbonyl (C=O) groups excluding carboxylic acids is 2. The molecular formula is C23H25N5O2S. The average Bonchev–Trinajstić information content (AvgIpc) is 3.17. The second-order valence-electron chi connectivity index (χ2n) is 7.66. The molecule has 0 aliphatic carbocycles. The molecule has 2 amide bonds. The standard InChI is InChI=1S/C23H25N5O2S/c1-15-4-7-19(8-5-15)28-17(3)21(25-26-28)22(29)24-20-9-6-18(14-16(20)2)23(30)27-10-12-31-13-11-27/h4-9,14H,10-13H2,1-3H3,(H,24,29). The molecule has 0 spiro atoms. The van der Waals surface area contributed by atoms with E-state index < -0.39 is 0 Å². The highest BCUT2D eigenvalue weighted by Gasteiger charge is 2.21. The molecule has 4 rings (SSSR count). The molecule has 1 aromatic heterocycles. The number of nitrogens with one attached hydrogen (secondary N) is 1. The molecule has 0 unspecified atom stereocenters. The third-order valence-electron chi connectivity index (χ3n) is 5.41. The van der Waals surface area contributed by atoms with Gasteiger partial charge in [-0.1, -0.05) is 22.9 Å². The summed E-state index contributed by atoms with van der Waals surface area (Å²) in [7, 11) is 0. The molecule has 31 heavy (non-hydrogen) atoms. The lowest BCUT2D eigenvalue weighted by atomic mass is 10.1. The van der Waals surface area contributed by atoms with Crippen LogP contribution in [0.25, 0.3) is 5.69 Å². The number of thioether (sulfide) groups is 1. The Bertz CT molecular complexity index is 1120. The molecule has 1 fully saturated rings. The van der Waals surface area contributed by atoms with Crippen LogP contribution in [-0.4, -0.2) is 56.3 Å². The number of benzene rings is 2. The van der Waals surface area contributed by atoms with Crippen molar-refractivity contribution in [1.82, 2.24) is 19.9 Å². The van der Waals surface area contributed by atoms with Gasteiger partial charge in [-0.15, -0.1) is 5.10 Å².